The molecule has 3 N–H and O–H groups in total. The first-order valence-electron chi connectivity index (χ1n) is 11.6. The largest absolute Gasteiger partial charge is 0.455 e. The van der Waals surface area contributed by atoms with E-state index in [4.69, 9.17) is 10.2 Å². The summed E-state index contributed by atoms with van der Waals surface area (Å²) >= 11 is 0. The van der Waals surface area contributed by atoms with Crippen LogP contribution in [0.1, 0.15) is 46.0 Å². The van der Waals surface area contributed by atoms with Gasteiger partial charge >= 0.3 is 0 Å². The zero-order chi connectivity index (χ0) is 24.7. The molecule has 1 heterocycles. The summed E-state index contributed by atoms with van der Waals surface area (Å²) < 4.78 is 19.5. The maximum absolute atomic E-state index is 13.5. The highest BCUT2D eigenvalue weighted by Gasteiger charge is 2.24. The van der Waals surface area contributed by atoms with Gasteiger partial charge in [-0.05, 0) is 84.5 Å². The normalized spacial score (nSPS) is 13.6. The number of hydrogen-bond acceptors (Lipinski definition) is 3. The zero-order valence-corrected chi connectivity index (χ0v) is 19.4. The molecule has 5 nitrogen and oxygen atoms in total. The van der Waals surface area contributed by atoms with Crippen LogP contribution in [-0.2, 0) is 6.42 Å². The number of rotatable bonds is 6. The molecule has 1 fully saturated rings. The molecule has 1 aliphatic rings. The van der Waals surface area contributed by atoms with Crippen molar-refractivity contribution in [2.24, 2.45) is 5.73 Å². The van der Waals surface area contributed by atoms with Gasteiger partial charge in [0.15, 0.2) is 0 Å². The predicted molar refractivity (Wildman–Crippen MR) is 135 cm³/mol. The van der Waals surface area contributed by atoms with Crippen molar-refractivity contribution < 1.29 is 18.4 Å². The summed E-state index contributed by atoms with van der Waals surface area (Å²) in [6, 6.07) is 17.1. The molecule has 0 atom stereocenters. The van der Waals surface area contributed by atoms with E-state index in [0.29, 0.717) is 34.3 Å². The Labute approximate surface area is 202 Å². The lowest BCUT2D eigenvalue weighted by Crippen LogP contribution is -2.40. The van der Waals surface area contributed by atoms with E-state index in [0.717, 1.165) is 35.1 Å². The molecular formula is C29H25FN2O3. The number of halogens is 1. The second-order valence-electron chi connectivity index (χ2n) is 8.95. The number of furan rings is 1. The monoisotopic (exact) mass is 468 g/mol. The molecule has 0 spiro atoms. The Balaban J connectivity index is 1.60. The Morgan fingerprint density at radius 3 is 2.49 bits per heavy atom. The highest BCUT2D eigenvalue weighted by atomic mass is 19.1. The first kappa shape index (κ1) is 22.6. The third-order valence-corrected chi connectivity index (χ3v) is 6.49. The fourth-order valence-corrected chi connectivity index (χ4v) is 4.63. The molecule has 176 valence electrons. The summed E-state index contributed by atoms with van der Waals surface area (Å²) in [6.45, 7) is 5.96. The third kappa shape index (κ3) is 4.23. The number of aryl methyl sites for hydroxylation is 1. The van der Waals surface area contributed by atoms with E-state index in [-0.39, 0.29) is 23.3 Å². The minimum Gasteiger partial charge on any atom is -0.455 e. The van der Waals surface area contributed by atoms with E-state index >= 15 is 0 Å². The van der Waals surface area contributed by atoms with Crippen molar-refractivity contribution in [1.29, 1.82) is 0 Å². The van der Waals surface area contributed by atoms with Crippen molar-refractivity contribution in [3.05, 3.63) is 95.3 Å². The Hall–Kier alpha value is -4.19. The van der Waals surface area contributed by atoms with E-state index < -0.39 is 5.91 Å². The van der Waals surface area contributed by atoms with Crippen molar-refractivity contribution in [2.75, 3.05) is 0 Å². The number of carbonyl (C=O) groups excluding carboxylic acids is 2. The average molecular weight is 469 g/mol. The van der Waals surface area contributed by atoms with Gasteiger partial charge < -0.3 is 15.5 Å². The zero-order valence-electron chi connectivity index (χ0n) is 19.4. The van der Waals surface area contributed by atoms with Crippen molar-refractivity contribution in [1.82, 2.24) is 5.32 Å². The number of amides is 2. The fraction of sp³-hybridized carbons (Fsp3) is 0.172. The van der Waals surface area contributed by atoms with Gasteiger partial charge in [0.1, 0.15) is 17.2 Å². The van der Waals surface area contributed by atoms with Crippen LogP contribution in [0.3, 0.4) is 0 Å². The van der Waals surface area contributed by atoms with E-state index in [2.05, 4.69) is 11.9 Å². The number of primary amides is 1. The summed E-state index contributed by atoms with van der Waals surface area (Å²) in [5.74, 6) is -0.828. The van der Waals surface area contributed by atoms with E-state index in [1.54, 1.807) is 18.2 Å². The topological polar surface area (TPSA) is 85.3 Å². The molecule has 4 aromatic rings. The maximum Gasteiger partial charge on any atom is 0.253 e. The number of benzene rings is 3. The molecule has 6 heteroatoms. The van der Waals surface area contributed by atoms with Crippen molar-refractivity contribution >= 4 is 22.8 Å². The quantitative estimate of drug-likeness (QED) is 0.340. The Morgan fingerprint density at radius 1 is 1.09 bits per heavy atom. The van der Waals surface area contributed by atoms with Crippen LogP contribution in [0.4, 0.5) is 4.39 Å². The lowest BCUT2D eigenvalue weighted by atomic mass is 9.87. The molecule has 1 saturated carbocycles. The van der Waals surface area contributed by atoms with Gasteiger partial charge in [-0.2, -0.15) is 0 Å². The van der Waals surface area contributed by atoms with Crippen molar-refractivity contribution in [2.45, 2.75) is 32.2 Å². The maximum atomic E-state index is 13.5. The molecule has 0 bridgehead atoms. The lowest BCUT2D eigenvalue weighted by molar-refractivity contribution is 0.0928. The summed E-state index contributed by atoms with van der Waals surface area (Å²) in [4.78, 5) is 25.3. The number of fused-ring (bicyclic) bond motifs is 1. The molecule has 0 radical (unpaired) electrons. The molecule has 3 aromatic carbocycles. The van der Waals surface area contributed by atoms with Gasteiger partial charge in [-0.15, -0.1) is 0 Å². The number of hydrogen-bond donors (Lipinski definition) is 2. The standard InChI is InChI=1S/C29H25FN2O3/c1-3-17-14-25-24(26(28(31)33)27(35-25)18-7-9-21(30)10-8-18)15-23(17)19-5-4-6-20(13-19)29(34)32-22-11-16(2)12-22/h4-10,13-15,22H,2-3,11-12H2,1H3,(H2,31,33)(H,32,34). The van der Waals surface area contributed by atoms with Crippen molar-refractivity contribution in [3.8, 4) is 22.5 Å². The van der Waals surface area contributed by atoms with Gasteiger partial charge in [0.2, 0.25) is 0 Å². The second kappa shape index (κ2) is 8.87. The van der Waals surface area contributed by atoms with Gasteiger partial charge in [-0.3, -0.25) is 9.59 Å². The smallest absolute Gasteiger partial charge is 0.253 e. The van der Waals surface area contributed by atoms with Crippen LogP contribution in [0.15, 0.2) is 77.2 Å². The number of nitrogens with two attached hydrogens (primary N) is 1. The van der Waals surface area contributed by atoms with Gasteiger partial charge in [0.05, 0.1) is 5.56 Å². The molecule has 0 aliphatic heterocycles. The predicted octanol–water partition coefficient (Wildman–Crippen LogP) is 6.02. The third-order valence-electron chi connectivity index (χ3n) is 6.49. The van der Waals surface area contributed by atoms with E-state index in [1.807, 2.05) is 37.3 Å². The first-order valence-corrected chi connectivity index (χ1v) is 11.6. The highest BCUT2D eigenvalue weighted by molar-refractivity contribution is 6.11. The van der Waals surface area contributed by atoms with Gasteiger partial charge in [-0.1, -0.05) is 31.2 Å². The summed E-state index contributed by atoms with van der Waals surface area (Å²) in [5.41, 5.74) is 11.6. The Bertz CT molecular complexity index is 1480. The minimum atomic E-state index is -0.631. The highest BCUT2D eigenvalue weighted by Crippen LogP contribution is 2.38. The molecule has 1 aromatic heterocycles. The number of nitrogens with one attached hydrogen (secondary N) is 1. The van der Waals surface area contributed by atoms with Crippen LogP contribution in [0.5, 0.6) is 0 Å². The molecule has 35 heavy (non-hydrogen) atoms. The molecular weight excluding hydrogens is 443 g/mol. The molecule has 2 amide bonds. The SMILES string of the molecule is C=C1CC(NC(=O)c2cccc(-c3cc4c(C(N)=O)c(-c5ccc(F)cc5)oc4cc3CC)c2)C1. The summed E-state index contributed by atoms with van der Waals surface area (Å²) in [7, 11) is 0. The lowest BCUT2D eigenvalue weighted by Gasteiger charge is -2.29. The van der Waals surface area contributed by atoms with Gasteiger partial charge in [0, 0.05) is 22.6 Å². The van der Waals surface area contributed by atoms with Crippen LogP contribution in [0, 0.1) is 5.82 Å². The second-order valence-corrected chi connectivity index (χ2v) is 8.95. The van der Waals surface area contributed by atoms with Crippen LogP contribution < -0.4 is 11.1 Å². The molecule has 0 unspecified atom stereocenters. The summed E-state index contributed by atoms with van der Waals surface area (Å²) in [6.07, 6.45) is 2.34. The van der Waals surface area contributed by atoms with Crippen molar-refractivity contribution in [3.63, 3.8) is 0 Å². The molecule has 0 saturated heterocycles. The Kier molecular flexibility index (Phi) is 5.73. The molecule has 1 aliphatic carbocycles. The molecule has 5 rings (SSSR count). The fourth-order valence-electron chi connectivity index (χ4n) is 4.63. The van der Waals surface area contributed by atoms with Gasteiger partial charge in [0.25, 0.3) is 11.8 Å². The number of carbonyl (C=O) groups is 2. The first-order chi connectivity index (χ1) is 16.8. The van der Waals surface area contributed by atoms with Crippen LogP contribution in [-0.4, -0.2) is 17.9 Å². The minimum absolute atomic E-state index is 0.122. The summed E-state index contributed by atoms with van der Waals surface area (Å²) in [5, 5.41) is 3.62. The van der Waals surface area contributed by atoms with E-state index in [1.165, 1.54) is 12.1 Å². The van der Waals surface area contributed by atoms with Crippen LogP contribution in [0.25, 0.3) is 33.4 Å². The van der Waals surface area contributed by atoms with Gasteiger partial charge in [-0.25, -0.2) is 4.39 Å². The Morgan fingerprint density at radius 2 is 1.83 bits per heavy atom. The van der Waals surface area contributed by atoms with Crippen LogP contribution >= 0.6 is 0 Å². The average Bonchev–Trinajstić information content (AvgIpc) is 3.21. The van der Waals surface area contributed by atoms with Crippen LogP contribution in [0.2, 0.25) is 0 Å². The van der Waals surface area contributed by atoms with E-state index in [9.17, 15) is 14.0 Å².